The first kappa shape index (κ1) is 26.7. The maximum Gasteiger partial charge on any atom is 0.257 e. The van der Waals surface area contributed by atoms with Crippen molar-refractivity contribution in [2.75, 3.05) is 0 Å². The summed E-state index contributed by atoms with van der Waals surface area (Å²) in [5.41, 5.74) is 1.71. The third-order valence-electron chi connectivity index (χ3n) is 8.32. The van der Waals surface area contributed by atoms with Crippen molar-refractivity contribution in [1.29, 1.82) is 0 Å². The van der Waals surface area contributed by atoms with E-state index in [1.165, 1.54) is 6.26 Å². The van der Waals surface area contributed by atoms with Crippen LogP contribution in [0.5, 0.6) is 0 Å². The summed E-state index contributed by atoms with van der Waals surface area (Å²) in [6.45, 7) is 1.64. The van der Waals surface area contributed by atoms with Gasteiger partial charge < -0.3 is 15.2 Å². The van der Waals surface area contributed by atoms with Crippen molar-refractivity contribution in [3.8, 4) is 0 Å². The van der Waals surface area contributed by atoms with Crippen molar-refractivity contribution >= 4 is 17.6 Å². The molecule has 3 heterocycles. The summed E-state index contributed by atoms with van der Waals surface area (Å²) in [5.74, 6) is -7.06. The predicted octanol–water partition coefficient (Wildman–Crippen LogP) is 4.93. The second-order valence-electron chi connectivity index (χ2n) is 11.4. The number of nitrogens with one attached hydrogen (secondary N) is 2. The van der Waals surface area contributed by atoms with Gasteiger partial charge in [0.15, 0.2) is 0 Å². The van der Waals surface area contributed by atoms with Crippen molar-refractivity contribution in [2.24, 2.45) is 17.8 Å². The molecule has 2 N–H and O–H groups in total. The summed E-state index contributed by atoms with van der Waals surface area (Å²) >= 11 is 0. The predicted molar refractivity (Wildman–Crippen MR) is 133 cm³/mol. The van der Waals surface area contributed by atoms with E-state index in [2.05, 4.69) is 25.8 Å². The Labute approximate surface area is 227 Å². The van der Waals surface area contributed by atoms with E-state index in [4.69, 9.17) is 4.52 Å². The third kappa shape index (κ3) is 5.55. The first-order valence-electron chi connectivity index (χ1n) is 13.6. The number of halogens is 4. The minimum Gasteiger partial charge on any atom is -0.364 e. The largest absolute Gasteiger partial charge is 0.364 e. The molecule has 0 saturated heterocycles. The number of carbonyl (C=O) groups is 2. The molecule has 2 amide bonds. The van der Waals surface area contributed by atoms with Crippen molar-refractivity contribution in [3.05, 3.63) is 47.4 Å². The monoisotopic (exact) mass is 562 g/mol. The summed E-state index contributed by atoms with van der Waals surface area (Å²) in [4.78, 5) is 34.9. The van der Waals surface area contributed by atoms with Crippen LogP contribution in [0, 0.1) is 24.7 Å². The molecule has 6 rings (SSSR count). The van der Waals surface area contributed by atoms with E-state index in [0.29, 0.717) is 22.9 Å². The molecular weight excluding hydrogens is 532 g/mol. The molecule has 0 aliphatic heterocycles. The fourth-order valence-corrected chi connectivity index (χ4v) is 5.60. The van der Waals surface area contributed by atoms with Crippen molar-refractivity contribution in [2.45, 2.75) is 82.2 Å². The van der Waals surface area contributed by atoms with E-state index in [1.807, 2.05) is 0 Å². The van der Waals surface area contributed by atoms with E-state index < -0.39 is 41.7 Å². The molecule has 3 saturated carbocycles. The highest BCUT2D eigenvalue weighted by Gasteiger charge is 2.57. The molecule has 3 fully saturated rings. The van der Waals surface area contributed by atoms with Crippen molar-refractivity contribution in [3.63, 3.8) is 0 Å². The van der Waals surface area contributed by atoms with Gasteiger partial charge in [-0.15, -0.1) is 0 Å². The lowest BCUT2D eigenvalue weighted by Crippen LogP contribution is -2.37. The molecular formula is C27H30F4N6O3. The van der Waals surface area contributed by atoms with Crippen LogP contribution >= 0.6 is 0 Å². The van der Waals surface area contributed by atoms with Gasteiger partial charge in [-0.2, -0.15) is 0 Å². The fourth-order valence-electron chi connectivity index (χ4n) is 5.60. The van der Waals surface area contributed by atoms with Crippen LogP contribution < -0.4 is 10.6 Å². The second kappa shape index (κ2) is 9.84. The van der Waals surface area contributed by atoms with Crippen LogP contribution in [-0.2, 0) is 4.79 Å². The Balaban J connectivity index is 1.25. The lowest BCUT2D eigenvalue weighted by atomic mass is 9.81. The summed E-state index contributed by atoms with van der Waals surface area (Å²) in [5, 5.41) is 9.59. The molecule has 0 bridgehead atoms. The lowest BCUT2D eigenvalue weighted by molar-refractivity contribution is -0.123. The summed E-state index contributed by atoms with van der Waals surface area (Å²) < 4.78 is 61.1. The Hall–Kier alpha value is -3.51. The maximum absolute atomic E-state index is 13.9. The average Bonchev–Trinajstić information content (AvgIpc) is 3.72. The number of alkyl halides is 4. The number of nitrogens with zero attached hydrogens (tertiary/aromatic N) is 4. The summed E-state index contributed by atoms with van der Waals surface area (Å²) in [7, 11) is 0. The molecule has 0 aromatic carbocycles. The molecule has 3 aliphatic rings. The van der Waals surface area contributed by atoms with Gasteiger partial charge in [0.1, 0.15) is 11.8 Å². The highest BCUT2D eigenvalue weighted by Crippen LogP contribution is 2.51. The van der Waals surface area contributed by atoms with Crippen LogP contribution in [0.2, 0.25) is 0 Å². The normalized spacial score (nSPS) is 23.5. The van der Waals surface area contributed by atoms with Gasteiger partial charge in [0.2, 0.25) is 17.6 Å². The van der Waals surface area contributed by atoms with Crippen LogP contribution in [0.4, 0.5) is 17.6 Å². The Morgan fingerprint density at radius 3 is 2.33 bits per heavy atom. The van der Waals surface area contributed by atoms with Gasteiger partial charge in [0.05, 0.1) is 29.2 Å². The van der Waals surface area contributed by atoms with Crippen LogP contribution in [0.15, 0.2) is 29.2 Å². The van der Waals surface area contributed by atoms with Gasteiger partial charge in [-0.25, -0.2) is 27.5 Å². The molecule has 0 radical (unpaired) electrons. The number of fused-ring (bicyclic) bond motifs is 1. The number of rotatable bonds is 9. The van der Waals surface area contributed by atoms with E-state index in [9.17, 15) is 27.2 Å². The number of imidazole rings is 1. The Morgan fingerprint density at radius 1 is 1.05 bits per heavy atom. The zero-order valence-electron chi connectivity index (χ0n) is 21.9. The first-order chi connectivity index (χ1) is 19.0. The molecule has 9 nitrogen and oxygen atoms in total. The first-order valence-corrected chi connectivity index (χ1v) is 13.6. The van der Waals surface area contributed by atoms with Gasteiger partial charge in [-0.3, -0.25) is 14.0 Å². The van der Waals surface area contributed by atoms with Gasteiger partial charge in [0, 0.05) is 44.0 Å². The Morgan fingerprint density at radius 2 is 1.70 bits per heavy atom. The molecule has 3 aromatic heterocycles. The van der Waals surface area contributed by atoms with Gasteiger partial charge in [-0.1, -0.05) is 5.16 Å². The number of amides is 2. The minimum atomic E-state index is -2.76. The highest BCUT2D eigenvalue weighted by atomic mass is 19.3. The number of hydrogen-bond donors (Lipinski definition) is 2. The smallest absolute Gasteiger partial charge is 0.257 e. The van der Waals surface area contributed by atoms with Gasteiger partial charge >= 0.3 is 0 Å². The number of aryl methyl sites for hydroxylation is 1. The SMILES string of the molecule is Cc1nocc1C(=O)N[C@H](c1cn2ccc([C@H](NC(=O)C[C@H]3CC3(F)F)C3CC3)nc2n1)C1CCC(F)(F)CC1. The molecule has 40 heavy (non-hydrogen) atoms. The number of aromatic nitrogens is 4. The van der Waals surface area contributed by atoms with Crippen LogP contribution in [-0.4, -0.2) is 43.2 Å². The van der Waals surface area contributed by atoms with E-state index in [-0.39, 0.29) is 55.9 Å². The molecule has 0 spiro atoms. The maximum atomic E-state index is 13.9. The molecule has 214 valence electrons. The topological polar surface area (TPSA) is 114 Å². The van der Waals surface area contributed by atoms with Crippen molar-refractivity contribution < 1.29 is 31.7 Å². The molecule has 3 atom stereocenters. The Kier molecular flexibility index (Phi) is 6.57. The fraction of sp³-hybridized carbons (Fsp3) is 0.593. The third-order valence-corrected chi connectivity index (χ3v) is 8.32. The zero-order valence-corrected chi connectivity index (χ0v) is 21.9. The van der Waals surface area contributed by atoms with E-state index >= 15 is 0 Å². The number of carbonyl (C=O) groups excluding carboxylic acids is 2. The lowest BCUT2D eigenvalue weighted by Gasteiger charge is -2.33. The zero-order chi connectivity index (χ0) is 28.2. The Bertz CT molecular complexity index is 1420. The quantitative estimate of drug-likeness (QED) is 0.358. The molecule has 0 unspecified atom stereocenters. The standard InChI is InChI=1S/C27H30F4N6O3/c1-14-18(13-40-36-14)24(39)35-23(16-4-7-26(28,29)8-5-16)20-12-37-9-6-19(32-25(37)33-20)22(15-2-3-15)34-21(38)10-17-11-27(17,30)31/h6,9,12-13,15-17,22-23H,2-5,7-8,10-11H2,1H3,(H,34,38)(H,35,39)/t17-,22+,23-/m0/s1. The highest BCUT2D eigenvalue weighted by molar-refractivity contribution is 5.95. The van der Waals surface area contributed by atoms with Crippen LogP contribution in [0.3, 0.4) is 0 Å². The van der Waals surface area contributed by atoms with Crippen LogP contribution in [0.1, 0.15) is 90.9 Å². The molecule has 3 aromatic rings. The van der Waals surface area contributed by atoms with Gasteiger partial charge in [0.25, 0.3) is 11.8 Å². The number of hydrogen-bond acceptors (Lipinski definition) is 6. The van der Waals surface area contributed by atoms with E-state index in [1.54, 1.807) is 29.8 Å². The second-order valence-corrected chi connectivity index (χ2v) is 11.4. The van der Waals surface area contributed by atoms with Crippen LogP contribution in [0.25, 0.3) is 5.78 Å². The minimum absolute atomic E-state index is 0.163. The molecule has 3 aliphatic carbocycles. The van der Waals surface area contributed by atoms with E-state index in [0.717, 1.165) is 12.8 Å². The van der Waals surface area contributed by atoms with Crippen molar-refractivity contribution in [1.82, 2.24) is 30.2 Å². The average molecular weight is 563 g/mol. The summed E-state index contributed by atoms with van der Waals surface area (Å²) in [6.07, 6.45) is 5.86. The van der Waals surface area contributed by atoms with Gasteiger partial charge in [-0.05, 0) is 50.5 Å². The molecule has 13 heteroatoms. The summed E-state index contributed by atoms with van der Waals surface area (Å²) in [6, 6.07) is 0.683.